The maximum Gasteiger partial charge on any atom is 0.323 e. The molecule has 0 aliphatic heterocycles. The van der Waals surface area contributed by atoms with Gasteiger partial charge in [0.1, 0.15) is 5.75 Å². The molecule has 158 valence electrons. The standard InChI is InChI=1S/C23H36O5/c1-4-7-8-9-10-18-28-20-13-11-19(12-14-20)15-17-23(16-5-2,21(24)25)22(26)27-6-3/h11-14H,4-10,15-18H2,1-3H3,(H,24,25). The van der Waals surface area contributed by atoms with Gasteiger partial charge in [-0.15, -0.1) is 0 Å². The van der Waals surface area contributed by atoms with Crippen molar-refractivity contribution in [3.05, 3.63) is 29.8 Å². The van der Waals surface area contributed by atoms with E-state index in [1.165, 1.54) is 25.7 Å². The van der Waals surface area contributed by atoms with E-state index in [0.29, 0.717) is 19.4 Å². The first kappa shape index (κ1) is 24.0. The first-order chi connectivity index (χ1) is 13.5. The lowest BCUT2D eigenvalue weighted by molar-refractivity contribution is -0.169. The SMILES string of the molecule is CCCCCCCOc1ccc(CCC(CCC)(C(=O)O)C(=O)OCC)cc1. The number of carbonyl (C=O) groups is 2. The molecule has 0 amide bonds. The Labute approximate surface area is 169 Å². The number of hydrogen-bond acceptors (Lipinski definition) is 4. The van der Waals surface area contributed by atoms with Gasteiger partial charge in [0.05, 0.1) is 13.2 Å². The molecular weight excluding hydrogens is 356 g/mol. The second-order valence-electron chi connectivity index (χ2n) is 7.26. The third-order valence-corrected chi connectivity index (χ3v) is 5.03. The second kappa shape index (κ2) is 13.2. The van der Waals surface area contributed by atoms with Crippen LogP contribution in [0.15, 0.2) is 24.3 Å². The highest BCUT2D eigenvalue weighted by atomic mass is 16.5. The van der Waals surface area contributed by atoms with Gasteiger partial charge in [-0.05, 0) is 50.3 Å². The van der Waals surface area contributed by atoms with E-state index in [1.807, 2.05) is 31.2 Å². The Morgan fingerprint density at radius 1 is 0.929 bits per heavy atom. The molecule has 1 rings (SSSR count). The van der Waals surface area contributed by atoms with E-state index in [1.54, 1.807) is 6.92 Å². The smallest absolute Gasteiger partial charge is 0.323 e. The summed E-state index contributed by atoms with van der Waals surface area (Å²) in [5.74, 6) is -0.911. The average Bonchev–Trinajstić information content (AvgIpc) is 2.68. The van der Waals surface area contributed by atoms with E-state index >= 15 is 0 Å². The molecule has 0 radical (unpaired) electrons. The van der Waals surface area contributed by atoms with Crippen LogP contribution >= 0.6 is 0 Å². The maximum atomic E-state index is 12.4. The summed E-state index contributed by atoms with van der Waals surface area (Å²) in [6.07, 6.45) is 7.62. The highest BCUT2D eigenvalue weighted by Gasteiger charge is 2.46. The van der Waals surface area contributed by atoms with Crippen LogP contribution in [0, 0.1) is 5.41 Å². The summed E-state index contributed by atoms with van der Waals surface area (Å²) < 4.78 is 10.8. The van der Waals surface area contributed by atoms with Gasteiger partial charge in [0.25, 0.3) is 0 Å². The van der Waals surface area contributed by atoms with Crippen molar-refractivity contribution in [2.24, 2.45) is 5.41 Å². The number of aryl methyl sites for hydroxylation is 1. The predicted octanol–water partition coefficient (Wildman–Crippen LogP) is 5.40. The summed E-state index contributed by atoms with van der Waals surface area (Å²) >= 11 is 0. The van der Waals surface area contributed by atoms with E-state index in [0.717, 1.165) is 17.7 Å². The summed E-state index contributed by atoms with van der Waals surface area (Å²) in [5, 5.41) is 9.73. The molecule has 1 atom stereocenters. The average molecular weight is 393 g/mol. The molecule has 0 heterocycles. The van der Waals surface area contributed by atoms with Crippen LogP contribution in [0.25, 0.3) is 0 Å². The van der Waals surface area contributed by atoms with Gasteiger partial charge in [-0.25, -0.2) is 0 Å². The Kier molecular flexibility index (Phi) is 11.3. The van der Waals surface area contributed by atoms with Gasteiger partial charge >= 0.3 is 11.9 Å². The minimum absolute atomic E-state index is 0.183. The third kappa shape index (κ3) is 7.53. The molecule has 0 aromatic heterocycles. The zero-order chi connectivity index (χ0) is 20.8. The molecule has 1 aromatic rings. The Morgan fingerprint density at radius 3 is 2.18 bits per heavy atom. The third-order valence-electron chi connectivity index (χ3n) is 5.03. The topological polar surface area (TPSA) is 72.8 Å². The van der Waals surface area contributed by atoms with E-state index in [9.17, 15) is 14.7 Å². The zero-order valence-electron chi connectivity index (χ0n) is 17.7. The zero-order valence-corrected chi connectivity index (χ0v) is 17.7. The van der Waals surface area contributed by atoms with Crippen molar-refractivity contribution in [1.29, 1.82) is 0 Å². The Balaban J connectivity index is 2.61. The number of esters is 1. The second-order valence-corrected chi connectivity index (χ2v) is 7.26. The number of aliphatic carboxylic acids is 1. The van der Waals surface area contributed by atoms with Crippen molar-refractivity contribution in [1.82, 2.24) is 0 Å². The lowest BCUT2D eigenvalue weighted by Crippen LogP contribution is -2.41. The minimum Gasteiger partial charge on any atom is -0.494 e. The minimum atomic E-state index is -1.47. The van der Waals surface area contributed by atoms with Crippen LogP contribution in [-0.2, 0) is 20.7 Å². The molecule has 0 aliphatic carbocycles. The Morgan fingerprint density at radius 2 is 1.61 bits per heavy atom. The van der Waals surface area contributed by atoms with Gasteiger partial charge in [-0.1, -0.05) is 58.1 Å². The number of benzene rings is 1. The molecule has 0 aliphatic rings. The van der Waals surface area contributed by atoms with Crippen molar-refractivity contribution in [2.45, 2.75) is 78.6 Å². The van der Waals surface area contributed by atoms with Gasteiger partial charge in [-0.2, -0.15) is 0 Å². The van der Waals surface area contributed by atoms with E-state index in [-0.39, 0.29) is 19.4 Å². The van der Waals surface area contributed by atoms with Crippen LogP contribution in [0.3, 0.4) is 0 Å². The van der Waals surface area contributed by atoms with Crippen LogP contribution in [0.5, 0.6) is 5.75 Å². The predicted molar refractivity (Wildman–Crippen MR) is 111 cm³/mol. The first-order valence-electron chi connectivity index (χ1n) is 10.6. The quantitative estimate of drug-likeness (QED) is 0.246. The molecule has 1 aromatic carbocycles. The van der Waals surface area contributed by atoms with Crippen LogP contribution in [0.1, 0.15) is 77.7 Å². The maximum absolute atomic E-state index is 12.4. The fourth-order valence-electron chi connectivity index (χ4n) is 3.33. The van der Waals surface area contributed by atoms with Gasteiger partial charge < -0.3 is 14.6 Å². The molecule has 1 unspecified atom stereocenters. The highest BCUT2D eigenvalue weighted by molar-refractivity contribution is 5.99. The van der Waals surface area contributed by atoms with E-state index in [4.69, 9.17) is 9.47 Å². The van der Waals surface area contributed by atoms with Crippen LogP contribution in [0.4, 0.5) is 0 Å². The number of hydrogen-bond donors (Lipinski definition) is 1. The van der Waals surface area contributed by atoms with Crippen molar-refractivity contribution < 1.29 is 24.2 Å². The largest absolute Gasteiger partial charge is 0.494 e. The lowest BCUT2D eigenvalue weighted by Gasteiger charge is -2.26. The molecule has 0 bridgehead atoms. The molecule has 1 N–H and O–H groups in total. The fourth-order valence-corrected chi connectivity index (χ4v) is 3.33. The van der Waals surface area contributed by atoms with Crippen LogP contribution < -0.4 is 4.74 Å². The highest BCUT2D eigenvalue weighted by Crippen LogP contribution is 2.32. The normalized spacial score (nSPS) is 13.0. The van der Waals surface area contributed by atoms with Crippen molar-refractivity contribution in [3.8, 4) is 5.75 Å². The van der Waals surface area contributed by atoms with Crippen LogP contribution in [0.2, 0.25) is 0 Å². The number of carbonyl (C=O) groups excluding carboxylic acids is 1. The van der Waals surface area contributed by atoms with Crippen LogP contribution in [-0.4, -0.2) is 30.3 Å². The molecule has 0 saturated carbocycles. The summed E-state index contributed by atoms with van der Waals surface area (Å²) in [4.78, 5) is 24.3. The number of ether oxygens (including phenoxy) is 2. The van der Waals surface area contributed by atoms with Gasteiger partial charge in [-0.3, -0.25) is 9.59 Å². The van der Waals surface area contributed by atoms with Crippen molar-refractivity contribution >= 4 is 11.9 Å². The molecule has 28 heavy (non-hydrogen) atoms. The molecular formula is C23H36O5. The van der Waals surface area contributed by atoms with Crippen molar-refractivity contribution in [3.63, 3.8) is 0 Å². The first-order valence-corrected chi connectivity index (χ1v) is 10.6. The Hall–Kier alpha value is -2.04. The van der Waals surface area contributed by atoms with E-state index in [2.05, 4.69) is 6.92 Å². The fraction of sp³-hybridized carbons (Fsp3) is 0.652. The van der Waals surface area contributed by atoms with Gasteiger partial charge in [0.15, 0.2) is 5.41 Å². The lowest BCUT2D eigenvalue weighted by atomic mass is 9.78. The Bertz CT molecular complexity index is 581. The summed E-state index contributed by atoms with van der Waals surface area (Å²) in [6.45, 7) is 6.67. The molecule has 5 heteroatoms. The van der Waals surface area contributed by atoms with Gasteiger partial charge in [0.2, 0.25) is 0 Å². The monoisotopic (exact) mass is 392 g/mol. The number of carboxylic acid groups (broad SMARTS) is 1. The summed E-state index contributed by atoms with van der Waals surface area (Å²) in [5.41, 5.74) is -0.486. The number of unbranched alkanes of at least 4 members (excludes halogenated alkanes) is 4. The molecule has 0 fully saturated rings. The summed E-state index contributed by atoms with van der Waals surface area (Å²) in [7, 11) is 0. The number of carboxylic acids is 1. The van der Waals surface area contributed by atoms with Gasteiger partial charge in [0, 0.05) is 0 Å². The number of rotatable bonds is 15. The van der Waals surface area contributed by atoms with Crippen molar-refractivity contribution in [2.75, 3.05) is 13.2 Å². The molecule has 5 nitrogen and oxygen atoms in total. The summed E-state index contributed by atoms with van der Waals surface area (Å²) in [6, 6.07) is 7.70. The molecule has 0 saturated heterocycles. The van der Waals surface area contributed by atoms with E-state index < -0.39 is 17.4 Å². The molecule has 0 spiro atoms.